The predicted octanol–water partition coefficient (Wildman–Crippen LogP) is 3.92. The van der Waals surface area contributed by atoms with Crippen LogP contribution in [0.4, 0.5) is 0 Å². The number of ether oxygens (including phenoxy) is 1. The molecule has 1 N–H and O–H groups in total. The molecule has 0 saturated carbocycles. The molecule has 1 aromatic rings. The Morgan fingerprint density at radius 3 is 2.67 bits per heavy atom. The van der Waals surface area contributed by atoms with Gasteiger partial charge in [0, 0.05) is 16.8 Å². The summed E-state index contributed by atoms with van der Waals surface area (Å²) in [5.74, 6) is 1.56. The van der Waals surface area contributed by atoms with E-state index in [0.717, 1.165) is 24.3 Å². The van der Waals surface area contributed by atoms with Gasteiger partial charge < -0.3 is 9.84 Å². The average molecular weight is 324 g/mol. The van der Waals surface area contributed by atoms with Crippen molar-refractivity contribution < 1.29 is 14.6 Å². The van der Waals surface area contributed by atoms with Gasteiger partial charge in [-0.05, 0) is 61.5 Å². The largest absolute Gasteiger partial charge is 0.478 e. The van der Waals surface area contributed by atoms with Gasteiger partial charge in [-0.25, -0.2) is 4.79 Å². The molecule has 1 atom stereocenters. The van der Waals surface area contributed by atoms with E-state index >= 15 is 0 Å². The lowest BCUT2D eigenvalue weighted by Crippen LogP contribution is -2.43. The van der Waals surface area contributed by atoms with Gasteiger partial charge in [-0.15, -0.1) is 11.8 Å². The van der Waals surface area contributed by atoms with E-state index in [0.29, 0.717) is 10.8 Å². The fraction of sp³-hybridized carbons (Fsp3) is 0.562. The molecule has 2 saturated heterocycles. The Balaban J connectivity index is 1.62. The number of thioether (sulfide) groups is 2. The lowest BCUT2D eigenvalue weighted by Gasteiger charge is -2.43. The van der Waals surface area contributed by atoms with E-state index in [1.165, 1.54) is 24.3 Å². The van der Waals surface area contributed by atoms with Crippen LogP contribution < -0.4 is 0 Å². The summed E-state index contributed by atoms with van der Waals surface area (Å²) in [4.78, 5) is 12.0. The van der Waals surface area contributed by atoms with Gasteiger partial charge in [-0.1, -0.05) is 0 Å². The summed E-state index contributed by atoms with van der Waals surface area (Å²) in [5, 5.41) is 9.52. The molecule has 0 bridgehead atoms. The lowest BCUT2D eigenvalue weighted by molar-refractivity contribution is -0.0804. The van der Waals surface area contributed by atoms with Crippen molar-refractivity contribution in [3.05, 3.63) is 29.8 Å². The van der Waals surface area contributed by atoms with E-state index in [1.54, 1.807) is 12.1 Å². The summed E-state index contributed by atoms with van der Waals surface area (Å²) in [6.45, 7) is 0.857. The Morgan fingerprint density at radius 2 is 2.00 bits per heavy atom. The highest BCUT2D eigenvalue weighted by molar-refractivity contribution is 8.00. The second-order valence-corrected chi connectivity index (χ2v) is 8.30. The van der Waals surface area contributed by atoms with E-state index in [-0.39, 0.29) is 5.60 Å². The maximum Gasteiger partial charge on any atom is 0.335 e. The number of aromatic carboxylic acids is 1. The van der Waals surface area contributed by atoms with Crippen LogP contribution in [-0.4, -0.2) is 40.0 Å². The predicted molar refractivity (Wildman–Crippen MR) is 87.5 cm³/mol. The molecule has 1 aromatic carbocycles. The standard InChI is InChI=1S/C16H20O3S2/c17-15(18)12-1-3-13(4-2-12)21-14-5-8-19-16(11-14)6-9-20-10-7-16/h1-4,14H,5-11H2,(H,17,18). The van der Waals surface area contributed by atoms with E-state index in [9.17, 15) is 4.79 Å². The normalized spacial score (nSPS) is 24.9. The van der Waals surface area contributed by atoms with Crippen molar-refractivity contribution in [2.24, 2.45) is 0 Å². The van der Waals surface area contributed by atoms with Gasteiger partial charge in [0.25, 0.3) is 0 Å². The average Bonchev–Trinajstić information content (AvgIpc) is 2.49. The minimum atomic E-state index is -0.865. The first kappa shape index (κ1) is 15.3. The van der Waals surface area contributed by atoms with Gasteiger partial charge in [0.2, 0.25) is 0 Å². The molecule has 114 valence electrons. The summed E-state index contributed by atoms with van der Waals surface area (Å²) in [6.07, 6.45) is 4.55. The zero-order valence-electron chi connectivity index (χ0n) is 11.9. The molecule has 2 aliphatic rings. The summed E-state index contributed by atoms with van der Waals surface area (Å²) in [7, 11) is 0. The van der Waals surface area contributed by atoms with Crippen LogP contribution in [0.25, 0.3) is 0 Å². The van der Waals surface area contributed by atoms with Crippen molar-refractivity contribution >= 4 is 29.5 Å². The zero-order chi connectivity index (χ0) is 14.7. The Bertz CT molecular complexity index is 489. The fourth-order valence-electron chi connectivity index (χ4n) is 3.04. The molecular weight excluding hydrogens is 304 g/mol. The SMILES string of the molecule is O=C(O)c1ccc(SC2CCOC3(CCSCC3)C2)cc1. The molecular formula is C16H20O3S2. The second kappa shape index (κ2) is 6.63. The monoisotopic (exact) mass is 324 g/mol. The van der Waals surface area contributed by atoms with Crippen molar-refractivity contribution in [2.75, 3.05) is 18.1 Å². The third-order valence-corrected chi connectivity index (χ3v) is 6.52. The summed E-state index contributed by atoms with van der Waals surface area (Å²) < 4.78 is 6.12. The molecule has 2 fully saturated rings. The van der Waals surface area contributed by atoms with Crippen LogP contribution in [-0.2, 0) is 4.74 Å². The maximum absolute atomic E-state index is 10.9. The number of carboxylic acids is 1. The quantitative estimate of drug-likeness (QED) is 0.913. The molecule has 0 aromatic heterocycles. The molecule has 3 rings (SSSR count). The molecule has 5 heteroatoms. The van der Waals surface area contributed by atoms with Gasteiger partial charge in [-0.3, -0.25) is 0 Å². The Morgan fingerprint density at radius 1 is 1.29 bits per heavy atom. The van der Waals surface area contributed by atoms with Crippen LogP contribution in [0.5, 0.6) is 0 Å². The first-order valence-corrected chi connectivity index (χ1v) is 9.42. The zero-order valence-corrected chi connectivity index (χ0v) is 13.5. The van der Waals surface area contributed by atoms with Gasteiger partial charge in [0.05, 0.1) is 11.2 Å². The Hall–Kier alpha value is -0.650. The highest BCUT2D eigenvalue weighted by Crippen LogP contribution is 2.42. The minimum Gasteiger partial charge on any atom is -0.478 e. The van der Waals surface area contributed by atoms with Crippen molar-refractivity contribution in [3.8, 4) is 0 Å². The summed E-state index contributed by atoms with van der Waals surface area (Å²) >= 11 is 3.90. The highest BCUT2D eigenvalue weighted by Gasteiger charge is 2.38. The fourth-order valence-corrected chi connectivity index (χ4v) is 5.56. The van der Waals surface area contributed by atoms with Crippen LogP contribution in [0, 0.1) is 0 Å². The third-order valence-electron chi connectivity index (χ3n) is 4.26. The first-order valence-electron chi connectivity index (χ1n) is 7.39. The van der Waals surface area contributed by atoms with Gasteiger partial charge >= 0.3 is 5.97 Å². The smallest absolute Gasteiger partial charge is 0.335 e. The Kier molecular flexibility index (Phi) is 4.82. The lowest BCUT2D eigenvalue weighted by atomic mass is 9.88. The number of carbonyl (C=O) groups is 1. The molecule has 0 aliphatic carbocycles. The summed E-state index contributed by atoms with van der Waals surface area (Å²) in [6, 6.07) is 7.23. The molecule has 2 aliphatic heterocycles. The second-order valence-electron chi connectivity index (χ2n) is 5.71. The topological polar surface area (TPSA) is 46.5 Å². The number of hydrogen-bond acceptors (Lipinski definition) is 4. The van der Waals surface area contributed by atoms with Crippen LogP contribution >= 0.6 is 23.5 Å². The molecule has 1 spiro atoms. The van der Waals surface area contributed by atoms with Crippen molar-refractivity contribution in [3.63, 3.8) is 0 Å². The number of benzene rings is 1. The van der Waals surface area contributed by atoms with Gasteiger partial charge in [0.1, 0.15) is 0 Å². The van der Waals surface area contributed by atoms with Gasteiger partial charge in [0.15, 0.2) is 0 Å². The number of carboxylic acid groups (broad SMARTS) is 1. The van der Waals surface area contributed by atoms with E-state index in [4.69, 9.17) is 9.84 Å². The molecule has 1 unspecified atom stereocenters. The highest BCUT2D eigenvalue weighted by atomic mass is 32.2. The summed E-state index contributed by atoms with van der Waals surface area (Å²) in [5.41, 5.74) is 0.467. The van der Waals surface area contributed by atoms with Crippen molar-refractivity contribution in [1.29, 1.82) is 0 Å². The number of rotatable bonds is 3. The minimum absolute atomic E-state index is 0.113. The van der Waals surface area contributed by atoms with Crippen LogP contribution in [0.1, 0.15) is 36.0 Å². The number of hydrogen-bond donors (Lipinski definition) is 1. The van der Waals surface area contributed by atoms with E-state index in [1.807, 2.05) is 35.7 Å². The third kappa shape index (κ3) is 3.76. The molecule has 21 heavy (non-hydrogen) atoms. The first-order chi connectivity index (χ1) is 10.2. The molecule has 3 nitrogen and oxygen atoms in total. The van der Waals surface area contributed by atoms with Crippen LogP contribution in [0.15, 0.2) is 29.2 Å². The van der Waals surface area contributed by atoms with Gasteiger partial charge in [-0.2, -0.15) is 11.8 Å². The Labute approximate surface area is 133 Å². The van der Waals surface area contributed by atoms with Crippen LogP contribution in [0.3, 0.4) is 0 Å². The molecule has 0 amide bonds. The van der Waals surface area contributed by atoms with E-state index < -0.39 is 5.97 Å². The molecule has 2 heterocycles. The van der Waals surface area contributed by atoms with Crippen molar-refractivity contribution in [1.82, 2.24) is 0 Å². The van der Waals surface area contributed by atoms with Crippen molar-refractivity contribution in [2.45, 2.75) is 41.4 Å². The molecule has 0 radical (unpaired) electrons. The maximum atomic E-state index is 10.9. The van der Waals surface area contributed by atoms with E-state index in [2.05, 4.69) is 0 Å². The van der Waals surface area contributed by atoms with Crippen LogP contribution in [0.2, 0.25) is 0 Å².